The minimum absolute atomic E-state index is 0.258. The maximum absolute atomic E-state index is 12.0. The van der Waals surface area contributed by atoms with Crippen LogP contribution in [0.15, 0.2) is 4.99 Å². The van der Waals surface area contributed by atoms with Gasteiger partial charge in [0, 0.05) is 12.6 Å². The van der Waals surface area contributed by atoms with Gasteiger partial charge in [0.05, 0.1) is 13.1 Å². The van der Waals surface area contributed by atoms with Crippen molar-refractivity contribution in [1.82, 2.24) is 10.2 Å². The SMILES string of the molecule is CCC(CC)NC1=NCCN(C(=O)OC(C)(C)C)C1. The fraction of sp³-hybridized carbons (Fsp3) is 0.857. The molecule has 0 aromatic rings. The van der Waals surface area contributed by atoms with Gasteiger partial charge in [0.2, 0.25) is 0 Å². The van der Waals surface area contributed by atoms with E-state index in [1.807, 2.05) is 20.8 Å². The van der Waals surface area contributed by atoms with Crippen molar-refractivity contribution < 1.29 is 9.53 Å². The van der Waals surface area contributed by atoms with Crippen LogP contribution in [0.3, 0.4) is 0 Å². The molecule has 0 saturated heterocycles. The van der Waals surface area contributed by atoms with Crippen molar-refractivity contribution in [2.45, 2.75) is 59.1 Å². The lowest BCUT2D eigenvalue weighted by atomic mass is 10.1. The molecule has 1 amide bonds. The molecule has 0 aliphatic carbocycles. The molecule has 1 rings (SSSR count). The third kappa shape index (κ3) is 5.49. The zero-order valence-electron chi connectivity index (χ0n) is 12.8. The van der Waals surface area contributed by atoms with Gasteiger partial charge in [0.25, 0.3) is 0 Å². The lowest BCUT2D eigenvalue weighted by molar-refractivity contribution is 0.0276. The first kappa shape index (κ1) is 15.8. The molecule has 0 aromatic heterocycles. The molecule has 1 aliphatic rings. The highest BCUT2D eigenvalue weighted by atomic mass is 16.6. The Hall–Kier alpha value is -1.26. The van der Waals surface area contributed by atoms with E-state index in [9.17, 15) is 4.79 Å². The molecule has 5 nitrogen and oxygen atoms in total. The highest BCUT2D eigenvalue weighted by Crippen LogP contribution is 2.11. The molecule has 0 aromatic carbocycles. The molecule has 1 N–H and O–H groups in total. The van der Waals surface area contributed by atoms with Crippen LogP contribution in [0.4, 0.5) is 4.79 Å². The van der Waals surface area contributed by atoms with Crippen LogP contribution < -0.4 is 5.32 Å². The Labute approximate surface area is 116 Å². The number of ether oxygens (including phenoxy) is 1. The molecule has 0 bridgehead atoms. The smallest absolute Gasteiger partial charge is 0.410 e. The second-order valence-corrected chi connectivity index (χ2v) is 5.89. The standard InChI is InChI=1S/C14H27N3O2/c1-6-11(7-2)16-12-10-17(9-8-15-12)13(18)19-14(3,4)5/h11H,6-10H2,1-5H3,(H,15,16). The maximum Gasteiger partial charge on any atom is 0.410 e. The highest BCUT2D eigenvalue weighted by molar-refractivity contribution is 5.88. The van der Waals surface area contributed by atoms with Crippen molar-refractivity contribution in [2.75, 3.05) is 19.6 Å². The lowest BCUT2D eigenvalue weighted by Gasteiger charge is -2.31. The van der Waals surface area contributed by atoms with Gasteiger partial charge in [-0.3, -0.25) is 9.89 Å². The van der Waals surface area contributed by atoms with E-state index in [1.165, 1.54) is 0 Å². The summed E-state index contributed by atoms with van der Waals surface area (Å²) < 4.78 is 5.39. The van der Waals surface area contributed by atoms with E-state index in [-0.39, 0.29) is 6.09 Å². The molecule has 19 heavy (non-hydrogen) atoms. The lowest BCUT2D eigenvalue weighted by Crippen LogP contribution is -2.49. The third-order valence-corrected chi connectivity index (χ3v) is 3.02. The van der Waals surface area contributed by atoms with Crippen LogP contribution in [0.1, 0.15) is 47.5 Å². The molecule has 0 fully saturated rings. The zero-order chi connectivity index (χ0) is 14.5. The van der Waals surface area contributed by atoms with E-state index in [2.05, 4.69) is 24.2 Å². The maximum atomic E-state index is 12.0. The number of nitrogens with zero attached hydrogens (tertiary/aromatic N) is 2. The fourth-order valence-electron chi connectivity index (χ4n) is 1.92. The van der Waals surface area contributed by atoms with Crippen LogP contribution in [0, 0.1) is 0 Å². The summed E-state index contributed by atoms with van der Waals surface area (Å²) >= 11 is 0. The first-order chi connectivity index (χ1) is 8.85. The van der Waals surface area contributed by atoms with Crippen LogP contribution >= 0.6 is 0 Å². The summed E-state index contributed by atoms with van der Waals surface area (Å²) in [4.78, 5) is 18.2. The summed E-state index contributed by atoms with van der Waals surface area (Å²) in [7, 11) is 0. The average molecular weight is 269 g/mol. The zero-order valence-corrected chi connectivity index (χ0v) is 12.8. The summed E-state index contributed by atoms with van der Waals surface area (Å²) in [5.74, 6) is 0.894. The summed E-state index contributed by atoms with van der Waals surface area (Å²) in [5.41, 5.74) is -0.450. The molecule has 0 atom stereocenters. The first-order valence-electron chi connectivity index (χ1n) is 7.13. The van der Waals surface area contributed by atoms with Gasteiger partial charge in [-0.15, -0.1) is 0 Å². The number of amidine groups is 1. The summed E-state index contributed by atoms with van der Waals surface area (Å²) in [6.45, 7) is 11.7. The Morgan fingerprint density at radius 1 is 1.42 bits per heavy atom. The Morgan fingerprint density at radius 2 is 2.05 bits per heavy atom. The number of carbonyl (C=O) groups excluding carboxylic acids is 1. The number of amides is 1. The normalized spacial score (nSPS) is 16.3. The molecule has 5 heteroatoms. The van der Waals surface area contributed by atoms with Crippen molar-refractivity contribution in [1.29, 1.82) is 0 Å². The molecule has 0 unspecified atom stereocenters. The van der Waals surface area contributed by atoms with E-state index < -0.39 is 5.60 Å². The number of hydrogen-bond donors (Lipinski definition) is 1. The van der Waals surface area contributed by atoms with Crippen LogP contribution in [0.5, 0.6) is 0 Å². The quantitative estimate of drug-likeness (QED) is 0.856. The van der Waals surface area contributed by atoms with Crippen LogP contribution in [-0.4, -0.2) is 48.1 Å². The third-order valence-electron chi connectivity index (χ3n) is 3.02. The molecule has 0 spiro atoms. The largest absolute Gasteiger partial charge is 0.444 e. The fourth-order valence-corrected chi connectivity index (χ4v) is 1.92. The van der Waals surface area contributed by atoms with Gasteiger partial charge in [-0.2, -0.15) is 0 Å². The Balaban J connectivity index is 2.53. The van der Waals surface area contributed by atoms with Gasteiger partial charge in [-0.25, -0.2) is 4.79 Å². The van der Waals surface area contributed by atoms with Crippen molar-refractivity contribution in [3.05, 3.63) is 0 Å². The van der Waals surface area contributed by atoms with E-state index in [4.69, 9.17) is 4.74 Å². The Bertz CT molecular complexity index is 330. The predicted molar refractivity (Wildman–Crippen MR) is 77.6 cm³/mol. The Kier molecular flexibility index (Phi) is 5.63. The van der Waals surface area contributed by atoms with Crippen molar-refractivity contribution in [3.63, 3.8) is 0 Å². The molecule has 0 saturated carbocycles. The second-order valence-electron chi connectivity index (χ2n) is 5.89. The first-order valence-corrected chi connectivity index (χ1v) is 7.13. The monoisotopic (exact) mass is 269 g/mol. The highest BCUT2D eigenvalue weighted by Gasteiger charge is 2.25. The summed E-state index contributed by atoms with van der Waals surface area (Å²) in [5, 5.41) is 3.40. The number of nitrogens with one attached hydrogen (secondary N) is 1. The average Bonchev–Trinajstić information content (AvgIpc) is 2.34. The molecule has 1 heterocycles. The van der Waals surface area contributed by atoms with Gasteiger partial charge >= 0.3 is 6.09 Å². The Morgan fingerprint density at radius 3 is 2.58 bits per heavy atom. The minimum atomic E-state index is -0.450. The number of carbonyl (C=O) groups is 1. The van der Waals surface area contributed by atoms with Gasteiger partial charge in [-0.05, 0) is 33.6 Å². The van der Waals surface area contributed by atoms with Gasteiger partial charge < -0.3 is 10.1 Å². The number of hydrogen-bond acceptors (Lipinski definition) is 4. The predicted octanol–water partition coefficient (Wildman–Crippen LogP) is 2.41. The molecule has 1 aliphatic heterocycles. The van der Waals surface area contributed by atoms with Crippen LogP contribution in [-0.2, 0) is 4.74 Å². The van der Waals surface area contributed by atoms with E-state index in [1.54, 1.807) is 4.90 Å². The van der Waals surface area contributed by atoms with Crippen LogP contribution in [0.25, 0.3) is 0 Å². The number of rotatable bonds is 3. The molecule has 0 radical (unpaired) electrons. The van der Waals surface area contributed by atoms with E-state index in [0.29, 0.717) is 25.7 Å². The van der Waals surface area contributed by atoms with Crippen molar-refractivity contribution in [3.8, 4) is 0 Å². The van der Waals surface area contributed by atoms with Gasteiger partial charge in [0.15, 0.2) is 0 Å². The van der Waals surface area contributed by atoms with Gasteiger partial charge in [-0.1, -0.05) is 13.8 Å². The minimum Gasteiger partial charge on any atom is -0.444 e. The van der Waals surface area contributed by atoms with E-state index >= 15 is 0 Å². The van der Waals surface area contributed by atoms with Crippen LogP contribution in [0.2, 0.25) is 0 Å². The molecule has 110 valence electrons. The molecular weight excluding hydrogens is 242 g/mol. The van der Waals surface area contributed by atoms with E-state index in [0.717, 1.165) is 18.7 Å². The van der Waals surface area contributed by atoms with Gasteiger partial charge in [0.1, 0.15) is 11.4 Å². The molecular formula is C14H27N3O2. The topological polar surface area (TPSA) is 53.9 Å². The van der Waals surface area contributed by atoms with Crippen molar-refractivity contribution >= 4 is 11.9 Å². The number of aliphatic imine (C=N–C) groups is 1. The summed E-state index contributed by atoms with van der Waals surface area (Å²) in [6, 6.07) is 0.428. The summed E-state index contributed by atoms with van der Waals surface area (Å²) in [6.07, 6.45) is 1.86. The van der Waals surface area contributed by atoms with Crippen molar-refractivity contribution in [2.24, 2.45) is 4.99 Å². The second kappa shape index (κ2) is 6.78.